The molecular formula is C18H25NOS. The maximum Gasteiger partial charge on any atom is 0.141 e. The second-order valence-corrected chi connectivity index (χ2v) is 7.49. The SMILES string of the molecule is CCc1ccc(CNc2cc(C(C)(C)C)ccc2OC)s1. The number of thiophene rings is 1. The molecule has 0 aliphatic carbocycles. The average Bonchev–Trinajstić information content (AvgIpc) is 2.91. The van der Waals surface area contributed by atoms with Crippen LogP contribution in [0.25, 0.3) is 0 Å². The maximum atomic E-state index is 5.47. The maximum absolute atomic E-state index is 5.47. The molecule has 2 nitrogen and oxygen atoms in total. The largest absolute Gasteiger partial charge is 0.495 e. The summed E-state index contributed by atoms with van der Waals surface area (Å²) in [5.41, 5.74) is 2.52. The summed E-state index contributed by atoms with van der Waals surface area (Å²) >= 11 is 1.87. The first kappa shape index (κ1) is 15.9. The second kappa shape index (κ2) is 6.52. The number of rotatable bonds is 5. The molecule has 1 N–H and O–H groups in total. The van der Waals surface area contributed by atoms with E-state index in [4.69, 9.17) is 4.74 Å². The topological polar surface area (TPSA) is 21.3 Å². The zero-order chi connectivity index (χ0) is 15.5. The minimum atomic E-state index is 0.140. The van der Waals surface area contributed by atoms with Crippen LogP contribution in [0.5, 0.6) is 5.75 Å². The summed E-state index contributed by atoms with van der Waals surface area (Å²) in [5, 5.41) is 3.52. The fourth-order valence-corrected chi connectivity index (χ4v) is 3.10. The molecule has 0 unspecified atom stereocenters. The minimum absolute atomic E-state index is 0.140. The van der Waals surface area contributed by atoms with E-state index in [9.17, 15) is 0 Å². The van der Waals surface area contributed by atoms with Crippen molar-refractivity contribution in [3.63, 3.8) is 0 Å². The lowest BCUT2D eigenvalue weighted by molar-refractivity contribution is 0.416. The fourth-order valence-electron chi connectivity index (χ4n) is 2.20. The normalized spacial score (nSPS) is 11.5. The number of hydrogen-bond acceptors (Lipinski definition) is 3. The Morgan fingerprint density at radius 3 is 2.38 bits per heavy atom. The Morgan fingerprint density at radius 2 is 1.81 bits per heavy atom. The third-order valence-electron chi connectivity index (χ3n) is 3.58. The first-order chi connectivity index (χ1) is 9.94. The molecule has 2 rings (SSSR count). The van der Waals surface area contributed by atoms with Crippen molar-refractivity contribution in [3.05, 3.63) is 45.6 Å². The highest BCUT2D eigenvalue weighted by Crippen LogP contribution is 2.32. The summed E-state index contributed by atoms with van der Waals surface area (Å²) in [5.74, 6) is 0.898. The lowest BCUT2D eigenvalue weighted by Crippen LogP contribution is -2.12. The van der Waals surface area contributed by atoms with E-state index >= 15 is 0 Å². The predicted octanol–water partition coefficient (Wildman–Crippen LogP) is 5.23. The van der Waals surface area contributed by atoms with Gasteiger partial charge in [-0.05, 0) is 41.7 Å². The van der Waals surface area contributed by atoms with E-state index in [2.05, 4.69) is 63.3 Å². The molecule has 3 heteroatoms. The number of nitrogens with one attached hydrogen (secondary N) is 1. The Labute approximate surface area is 132 Å². The van der Waals surface area contributed by atoms with Crippen molar-refractivity contribution in [2.24, 2.45) is 0 Å². The summed E-state index contributed by atoms with van der Waals surface area (Å²) in [6.07, 6.45) is 1.10. The van der Waals surface area contributed by atoms with Crippen molar-refractivity contribution in [2.45, 2.75) is 46.1 Å². The highest BCUT2D eigenvalue weighted by atomic mass is 32.1. The van der Waals surface area contributed by atoms with Gasteiger partial charge >= 0.3 is 0 Å². The first-order valence-corrected chi connectivity index (χ1v) is 8.25. The van der Waals surface area contributed by atoms with E-state index in [0.29, 0.717) is 0 Å². The summed E-state index contributed by atoms with van der Waals surface area (Å²) in [6.45, 7) is 9.72. The Bertz CT molecular complexity index is 596. The van der Waals surface area contributed by atoms with Gasteiger partial charge in [0.15, 0.2) is 0 Å². The van der Waals surface area contributed by atoms with Crippen LogP contribution in [0.2, 0.25) is 0 Å². The highest BCUT2D eigenvalue weighted by molar-refractivity contribution is 7.12. The van der Waals surface area contributed by atoms with E-state index < -0.39 is 0 Å². The molecule has 0 bridgehead atoms. The van der Waals surface area contributed by atoms with Crippen molar-refractivity contribution >= 4 is 17.0 Å². The number of hydrogen-bond donors (Lipinski definition) is 1. The van der Waals surface area contributed by atoms with Crippen LogP contribution in [-0.4, -0.2) is 7.11 Å². The lowest BCUT2D eigenvalue weighted by Gasteiger charge is -2.21. The van der Waals surface area contributed by atoms with Gasteiger partial charge in [0.25, 0.3) is 0 Å². The van der Waals surface area contributed by atoms with Crippen molar-refractivity contribution in [1.82, 2.24) is 0 Å². The van der Waals surface area contributed by atoms with Crippen LogP contribution in [0.3, 0.4) is 0 Å². The standard InChI is InChI=1S/C18H25NOS/c1-6-14-8-9-15(21-14)12-19-16-11-13(18(2,3)4)7-10-17(16)20-5/h7-11,19H,6,12H2,1-5H3. The van der Waals surface area contributed by atoms with Crippen LogP contribution in [0.15, 0.2) is 30.3 Å². The Hall–Kier alpha value is -1.48. The number of benzene rings is 1. The molecule has 0 atom stereocenters. The van der Waals surface area contributed by atoms with Gasteiger partial charge in [-0.15, -0.1) is 11.3 Å². The summed E-state index contributed by atoms with van der Waals surface area (Å²) in [7, 11) is 1.72. The van der Waals surface area contributed by atoms with E-state index in [1.54, 1.807) is 7.11 Å². The average molecular weight is 303 g/mol. The van der Waals surface area contributed by atoms with Gasteiger partial charge < -0.3 is 10.1 Å². The van der Waals surface area contributed by atoms with Crippen molar-refractivity contribution in [1.29, 1.82) is 0 Å². The Balaban J connectivity index is 2.17. The Kier molecular flexibility index (Phi) is 4.94. The minimum Gasteiger partial charge on any atom is -0.495 e. The van der Waals surface area contributed by atoms with Crippen LogP contribution in [0, 0.1) is 0 Å². The third kappa shape index (κ3) is 4.01. The summed E-state index contributed by atoms with van der Waals surface area (Å²) in [6, 6.07) is 10.8. The molecule has 114 valence electrons. The van der Waals surface area contributed by atoms with Crippen LogP contribution < -0.4 is 10.1 Å². The van der Waals surface area contributed by atoms with Crippen molar-refractivity contribution in [2.75, 3.05) is 12.4 Å². The van der Waals surface area contributed by atoms with E-state index in [-0.39, 0.29) is 5.41 Å². The molecule has 21 heavy (non-hydrogen) atoms. The highest BCUT2D eigenvalue weighted by Gasteiger charge is 2.15. The van der Waals surface area contributed by atoms with Crippen LogP contribution in [0.4, 0.5) is 5.69 Å². The third-order valence-corrected chi connectivity index (χ3v) is 4.81. The van der Waals surface area contributed by atoms with E-state index in [1.165, 1.54) is 15.3 Å². The molecule has 1 heterocycles. The molecule has 1 aromatic carbocycles. The molecule has 0 amide bonds. The van der Waals surface area contributed by atoms with Gasteiger partial charge in [-0.3, -0.25) is 0 Å². The van der Waals surface area contributed by atoms with E-state index in [0.717, 1.165) is 24.4 Å². The fraction of sp³-hybridized carbons (Fsp3) is 0.444. The van der Waals surface area contributed by atoms with Gasteiger partial charge in [0, 0.05) is 16.3 Å². The molecule has 0 spiro atoms. The van der Waals surface area contributed by atoms with Crippen LogP contribution in [-0.2, 0) is 18.4 Å². The second-order valence-electron chi connectivity index (χ2n) is 6.24. The lowest BCUT2D eigenvalue weighted by atomic mass is 9.87. The van der Waals surface area contributed by atoms with Gasteiger partial charge in [0.1, 0.15) is 5.75 Å². The van der Waals surface area contributed by atoms with E-state index in [1.807, 2.05) is 11.3 Å². The van der Waals surface area contributed by atoms with Crippen LogP contribution >= 0.6 is 11.3 Å². The zero-order valence-corrected chi connectivity index (χ0v) is 14.4. The van der Waals surface area contributed by atoms with Gasteiger partial charge in [0.05, 0.1) is 12.8 Å². The smallest absolute Gasteiger partial charge is 0.141 e. The molecule has 0 aliphatic rings. The first-order valence-electron chi connectivity index (χ1n) is 7.44. The van der Waals surface area contributed by atoms with Gasteiger partial charge in [-0.1, -0.05) is 33.8 Å². The molecule has 1 aromatic heterocycles. The molecule has 2 aromatic rings. The number of aryl methyl sites for hydroxylation is 1. The molecule has 0 radical (unpaired) electrons. The van der Waals surface area contributed by atoms with Gasteiger partial charge in [0.2, 0.25) is 0 Å². The quantitative estimate of drug-likeness (QED) is 0.816. The number of methoxy groups -OCH3 is 1. The molecule has 0 fully saturated rings. The molecular weight excluding hydrogens is 278 g/mol. The van der Waals surface area contributed by atoms with Crippen molar-refractivity contribution in [3.8, 4) is 5.75 Å². The zero-order valence-electron chi connectivity index (χ0n) is 13.6. The van der Waals surface area contributed by atoms with Gasteiger partial charge in [-0.2, -0.15) is 0 Å². The molecule has 0 aliphatic heterocycles. The summed E-state index contributed by atoms with van der Waals surface area (Å²) < 4.78 is 5.47. The monoisotopic (exact) mass is 303 g/mol. The molecule has 0 saturated heterocycles. The van der Waals surface area contributed by atoms with Gasteiger partial charge in [-0.25, -0.2) is 0 Å². The number of ether oxygens (including phenoxy) is 1. The summed E-state index contributed by atoms with van der Waals surface area (Å²) in [4.78, 5) is 2.79. The Morgan fingerprint density at radius 1 is 1.10 bits per heavy atom. The molecule has 0 saturated carbocycles. The van der Waals surface area contributed by atoms with Crippen molar-refractivity contribution < 1.29 is 4.74 Å². The predicted molar refractivity (Wildman–Crippen MR) is 92.7 cm³/mol. The number of anilines is 1. The van der Waals surface area contributed by atoms with Crippen LogP contribution in [0.1, 0.15) is 43.0 Å².